The van der Waals surface area contributed by atoms with Crippen molar-refractivity contribution >= 4 is 0 Å². The smallest absolute Gasteiger partial charge is 0.123 e. The van der Waals surface area contributed by atoms with Gasteiger partial charge in [0.1, 0.15) is 5.75 Å². The summed E-state index contributed by atoms with van der Waals surface area (Å²) in [6, 6.07) is 8.55. The molecule has 1 rings (SSSR count). The Morgan fingerprint density at radius 3 is 2.67 bits per heavy atom. The quantitative estimate of drug-likeness (QED) is 0.636. The van der Waals surface area contributed by atoms with E-state index in [0.717, 1.165) is 44.8 Å². The van der Waals surface area contributed by atoms with Crippen LogP contribution in [0, 0.1) is 0 Å². The van der Waals surface area contributed by atoms with Crippen LogP contribution < -0.4 is 10.1 Å². The zero-order valence-corrected chi connectivity index (χ0v) is 13.9. The van der Waals surface area contributed by atoms with Crippen LogP contribution in [0.3, 0.4) is 0 Å². The number of methoxy groups -OCH3 is 2. The first-order chi connectivity index (χ1) is 10.2. The lowest BCUT2D eigenvalue weighted by molar-refractivity contribution is 0.176. The highest BCUT2D eigenvalue weighted by molar-refractivity contribution is 5.36. The molecule has 1 aromatic carbocycles. The first kappa shape index (κ1) is 18.0. The standard InChI is InChI=1S/C17H30N2O2/c1-5-11-18-16(14-19(2)12-8-13-20-3)15-9-6-7-10-17(15)21-4/h6-7,9-10,16,18H,5,8,11-14H2,1-4H3. The highest BCUT2D eigenvalue weighted by Crippen LogP contribution is 2.25. The topological polar surface area (TPSA) is 33.7 Å². The predicted molar refractivity (Wildman–Crippen MR) is 88.0 cm³/mol. The van der Waals surface area contributed by atoms with Crippen LogP contribution in [0.25, 0.3) is 0 Å². The van der Waals surface area contributed by atoms with E-state index in [0.29, 0.717) is 0 Å². The molecule has 0 amide bonds. The molecule has 0 fully saturated rings. The van der Waals surface area contributed by atoms with Gasteiger partial charge in [-0.05, 0) is 32.5 Å². The molecule has 21 heavy (non-hydrogen) atoms. The Bertz CT molecular complexity index is 385. The Balaban J connectivity index is 2.70. The van der Waals surface area contributed by atoms with Gasteiger partial charge in [0.05, 0.1) is 7.11 Å². The van der Waals surface area contributed by atoms with Crippen molar-refractivity contribution in [2.24, 2.45) is 0 Å². The molecule has 0 bridgehead atoms. The Morgan fingerprint density at radius 2 is 2.00 bits per heavy atom. The van der Waals surface area contributed by atoms with Crippen LogP contribution in [0.5, 0.6) is 5.75 Å². The number of hydrogen-bond donors (Lipinski definition) is 1. The molecule has 1 aromatic rings. The average molecular weight is 294 g/mol. The van der Waals surface area contributed by atoms with Gasteiger partial charge in [-0.25, -0.2) is 0 Å². The van der Waals surface area contributed by atoms with Crippen molar-refractivity contribution < 1.29 is 9.47 Å². The van der Waals surface area contributed by atoms with Crippen molar-refractivity contribution in [3.05, 3.63) is 29.8 Å². The van der Waals surface area contributed by atoms with E-state index in [9.17, 15) is 0 Å². The van der Waals surface area contributed by atoms with Gasteiger partial charge in [-0.3, -0.25) is 0 Å². The molecule has 0 heterocycles. The summed E-state index contributed by atoms with van der Waals surface area (Å²) in [6.45, 7) is 6.01. The highest BCUT2D eigenvalue weighted by atomic mass is 16.5. The Morgan fingerprint density at radius 1 is 1.24 bits per heavy atom. The van der Waals surface area contributed by atoms with Gasteiger partial charge in [0.2, 0.25) is 0 Å². The van der Waals surface area contributed by atoms with Crippen molar-refractivity contribution in [1.29, 1.82) is 0 Å². The molecule has 0 aliphatic carbocycles. The Hall–Kier alpha value is -1.10. The minimum atomic E-state index is 0.286. The normalized spacial score (nSPS) is 12.6. The Kier molecular flexibility index (Phi) is 9.06. The molecule has 1 N–H and O–H groups in total. The van der Waals surface area contributed by atoms with Gasteiger partial charge in [-0.2, -0.15) is 0 Å². The van der Waals surface area contributed by atoms with Crippen molar-refractivity contribution in [1.82, 2.24) is 10.2 Å². The fourth-order valence-electron chi connectivity index (χ4n) is 2.43. The molecule has 0 saturated heterocycles. The third kappa shape index (κ3) is 6.46. The molecule has 4 heteroatoms. The molecule has 4 nitrogen and oxygen atoms in total. The summed E-state index contributed by atoms with van der Waals surface area (Å²) in [7, 11) is 5.64. The maximum atomic E-state index is 5.51. The molecule has 0 aliphatic rings. The number of hydrogen-bond acceptors (Lipinski definition) is 4. The van der Waals surface area contributed by atoms with Crippen LogP contribution in [0.1, 0.15) is 31.4 Å². The van der Waals surface area contributed by atoms with E-state index >= 15 is 0 Å². The van der Waals surface area contributed by atoms with E-state index in [-0.39, 0.29) is 6.04 Å². The molecule has 0 spiro atoms. The molecule has 1 atom stereocenters. The van der Waals surface area contributed by atoms with Crippen LogP contribution in [0.15, 0.2) is 24.3 Å². The second-order valence-electron chi connectivity index (χ2n) is 5.36. The van der Waals surface area contributed by atoms with Gasteiger partial charge in [-0.1, -0.05) is 25.1 Å². The number of para-hydroxylation sites is 1. The summed E-state index contributed by atoms with van der Waals surface area (Å²) in [5, 5.41) is 3.63. The van der Waals surface area contributed by atoms with E-state index in [2.05, 4.69) is 36.3 Å². The SMILES string of the molecule is CCCNC(CN(C)CCCOC)c1ccccc1OC. The van der Waals surface area contributed by atoms with Crippen molar-refractivity contribution in [2.45, 2.75) is 25.8 Å². The lowest BCUT2D eigenvalue weighted by atomic mass is 10.0. The molecule has 120 valence electrons. The van der Waals surface area contributed by atoms with E-state index in [4.69, 9.17) is 9.47 Å². The van der Waals surface area contributed by atoms with Crippen LogP contribution >= 0.6 is 0 Å². The van der Waals surface area contributed by atoms with Crippen molar-refractivity contribution in [3.63, 3.8) is 0 Å². The second-order valence-corrected chi connectivity index (χ2v) is 5.36. The largest absolute Gasteiger partial charge is 0.496 e. The number of rotatable bonds is 11. The van der Waals surface area contributed by atoms with Gasteiger partial charge in [-0.15, -0.1) is 0 Å². The summed E-state index contributed by atoms with van der Waals surface area (Å²) < 4.78 is 10.6. The summed E-state index contributed by atoms with van der Waals surface area (Å²) in [4.78, 5) is 2.35. The predicted octanol–water partition coefficient (Wildman–Crippen LogP) is 2.70. The van der Waals surface area contributed by atoms with Crippen LogP contribution in [0.2, 0.25) is 0 Å². The zero-order chi connectivity index (χ0) is 15.5. The van der Waals surface area contributed by atoms with E-state index in [1.807, 2.05) is 12.1 Å². The molecule has 1 unspecified atom stereocenters. The second kappa shape index (κ2) is 10.6. The van der Waals surface area contributed by atoms with Crippen LogP contribution in [0.4, 0.5) is 0 Å². The van der Waals surface area contributed by atoms with Gasteiger partial charge in [0.15, 0.2) is 0 Å². The number of benzene rings is 1. The fraction of sp³-hybridized carbons (Fsp3) is 0.647. The minimum Gasteiger partial charge on any atom is -0.496 e. The van der Waals surface area contributed by atoms with Gasteiger partial charge in [0.25, 0.3) is 0 Å². The minimum absolute atomic E-state index is 0.286. The molecule has 0 radical (unpaired) electrons. The average Bonchev–Trinajstić information content (AvgIpc) is 2.51. The lowest BCUT2D eigenvalue weighted by Gasteiger charge is -2.26. The highest BCUT2D eigenvalue weighted by Gasteiger charge is 2.16. The van der Waals surface area contributed by atoms with Crippen LogP contribution in [-0.4, -0.2) is 52.4 Å². The summed E-state index contributed by atoms with van der Waals surface area (Å²) in [5.74, 6) is 0.955. The first-order valence-corrected chi connectivity index (χ1v) is 7.76. The lowest BCUT2D eigenvalue weighted by Crippen LogP contribution is -2.34. The summed E-state index contributed by atoms with van der Waals surface area (Å²) in [6.07, 6.45) is 2.18. The maximum absolute atomic E-state index is 5.51. The maximum Gasteiger partial charge on any atom is 0.123 e. The molecule has 0 aliphatic heterocycles. The van der Waals surface area contributed by atoms with E-state index in [1.165, 1.54) is 5.56 Å². The summed E-state index contributed by atoms with van der Waals surface area (Å²) in [5.41, 5.74) is 1.23. The molecular weight excluding hydrogens is 264 g/mol. The number of nitrogens with zero attached hydrogens (tertiary/aromatic N) is 1. The number of nitrogens with one attached hydrogen (secondary N) is 1. The third-order valence-electron chi connectivity index (χ3n) is 3.54. The van der Waals surface area contributed by atoms with Gasteiger partial charge < -0.3 is 19.7 Å². The number of ether oxygens (including phenoxy) is 2. The molecular formula is C17H30N2O2. The monoisotopic (exact) mass is 294 g/mol. The fourth-order valence-corrected chi connectivity index (χ4v) is 2.43. The van der Waals surface area contributed by atoms with Crippen molar-refractivity contribution in [3.8, 4) is 5.75 Å². The summed E-state index contributed by atoms with van der Waals surface area (Å²) >= 11 is 0. The van der Waals surface area contributed by atoms with Crippen molar-refractivity contribution in [2.75, 3.05) is 47.5 Å². The van der Waals surface area contributed by atoms with Gasteiger partial charge >= 0.3 is 0 Å². The van der Waals surface area contributed by atoms with E-state index in [1.54, 1.807) is 14.2 Å². The van der Waals surface area contributed by atoms with Crippen LogP contribution in [-0.2, 0) is 4.74 Å². The zero-order valence-electron chi connectivity index (χ0n) is 13.9. The Labute approximate surface area is 129 Å². The molecule has 0 saturated carbocycles. The molecule has 0 aromatic heterocycles. The number of likely N-dealkylation sites (N-methyl/N-ethyl adjacent to an activating group) is 1. The third-order valence-corrected chi connectivity index (χ3v) is 3.54. The van der Waals surface area contributed by atoms with Gasteiger partial charge in [0, 0.05) is 38.4 Å². The first-order valence-electron chi connectivity index (χ1n) is 7.76. The van der Waals surface area contributed by atoms with E-state index < -0.39 is 0 Å².